The van der Waals surface area contributed by atoms with Crippen LogP contribution in [-0.2, 0) is 6.42 Å². The summed E-state index contributed by atoms with van der Waals surface area (Å²) in [7, 11) is 0. The van der Waals surface area contributed by atoms with Crippen LogP contribution in [0.2, 0.25) is 0 Å². The van der Waals surface area contributed by atoms with Crippen LogP contribution in [0, 0.1) is 5.82 Å². The number of aromatic amines is 1. The van der Waals surface area contributed by atoms with Gasteiger partial charge in [0.15, 0.2) is 0 Å². The summed E-state index contributed by atoms with van der Waals surface area (Å²) in [4.78, 5) is 7.68. The third-order valence-electron chi connectivity index (χ3n) is 4.36. The van der Waals surface area contributed by atoms with E-state index in [1.165, 1.54) is 18.6 Å². The van der Waals surface area contributed by atoms with Gasteiger partial charge in [0.25, 0.3) is 0 Å². The van der Waals surface area contributed by atoms with E-state index in [0.717, 1.165) is 42.8 Å². The molecule has 3 rings (SSSR count). The lowest BCUT2D eigenvalue weighted by Gasteiger charge is -2.28. The van der Waals surface area contributed by atoms with Crippen LogP contribution in [0.5, 0.6) is 0 Å². The zero-order chi connectivity index (χ0) is 14.9. The molecule has 1 aliphatic heterocycles. The van der Waals surface area contributed by atoms with Gasteiger partial charge in [-0.05, 0) is 58.0 Å². The highest BCUT2D eigenvalue weighted by Crippen LogP contribution is 2.18. The Hall–Kier alpha value is -0.880. The van der Waals surface area contributed by atoms with Crippen LogP contribution in [0.25, 0.3) is 11.0 Å². The quantitative estimate of drug-likeness (QED) is 0.715. The molecule has 1 atom stereocenters. The fourth-order valence-electron chi connectivity index (χ4n) is 3.07. The Morgan fingerprint density at radius 3 is 2.83 bits per heavy atom. The van der Waals surface area contributed by atoms with Crippen LogP contribution >= 0.6 is 24.8 Å². The highest BCUT2D eigenvalue weighted by atomic mass is 35.5. The first-order valence-corrected chi connectivity index (χ1v) is 7.67. The van der Waals surface area contributed by atoms with Crippen molar-refractivity contribution in [2.45, 2.75) is 44.7 Å². The smallest absolute Gasteiger partial charge is 0.125 e. The summed E-state index contributed by atoms with van der Waals surface area (Å²) in [5.74, 6) is 0.705. The lowest BCUT2D eigenvalue weighted by Crippen LogP contribution is -2.49. The first kappa shape index (κ1) is 20.2. The lowest BCUT2D eigenvalue weighted by atomic mass is 9.97. The fraction of sp³-hybridized carbons (Fsp3) is 0.562. The average Bonchev–Trinajstić information content (AvgIpc) is 2.97. The Labute approximate surface area is 148 Å². The van der Waals surface area contributed by atoms with Crippen molar-refractivity contribution >= 4 is 35.8 Å². The predicted octanol–water partition coefficient (Wildman–Crippen LogP) is 3.21. The minimum Gasteiger partial charge on any atom is -0.342 e. The zero-order valence-corrected chi connectivity index (χ0v) is 15.1. The number of hydrogen-bond acceptors (Lipinski definition) is 3. The van der Waals surface area contributed by atoms with E-state index in [1.807, 2.05) is 0 Å². The normalized spacial score (nSPS) is 19.3. The average molecular weight is 363 g/mol. The number of fused-ring (bicyclic) bond motifs is 1. The highest BCUT2D eigenvalue weighted by molar-refractivity contribution is 5.85. The van der Waals surface area contributed by atoms with Crippen molar-refractivity contribution in [1.82, 2.24) is 20.6 Å². The number of nitrogens with zero attached hydrogens (tertiary/aromatic N) is 1. The minimum atomic E-state index is -0.227. The predicted molar refractivity (Wildman–Crippen MR) is 97.4 cm³/mol. The molecule has 23 heavy (non-hydrogen) atoms. The van der Waals surface area contributed by atoms with Crippen molar-refractivity contribution in [3.8, 4) is 0 Å². The van der Waals surface area contributed by atoms with E-state index in [1.54, 1.807) is 6.07 Å². The van der Waals surface area contributed by atoms with E-state index >= 15 is 0 Å². The summed E-state index contributed by atoms with van der Waals surface area (Å²) in [5, 5.41) is 7.13. The SMILES string of the molecule is CC1(C)NCCC1NCCCc1nc2ccc(F)cc2[nH]1.Cl.Cl. The molecule has 1 saturated heterocycles. The number of rotatable bonds is 5. The van der Waals surface area contributed by atoms with Gasteiger partial charge in [0.05, 0.1) is 11.0 Å². The molecule has 0 amide bonds. The summed E-state index contributed by atoms with van der Waals surface area (Å²) >= 11 is 0. The molecule has 1 aromatic heterocycles. The highest BCUT2D eigenvalue weighted by Gasteiger charge is 2.33. The van der Waals surface area contributed by atoms with Crippen molar-refractivity contribution in [3.63, 3.8) is 0 Å². The maximum atomic E-state index is 13.1. The van der Waals surface area contributed by atoms with Gasteiger partial charge in [-0.25, -0.2) is 9.37 Å². The summed E-state index contributed by atoms with van der Waals surface area (Å²) in [6.07, 6.45) is 3.08. The number of hydrogen-bond donors (Lipinski definition) is 3. The van der Waals surface area contributed by atoms with E-state index in [0.29, 0.717) is 6.04 Å². The molecule has 0 aliphatic carbocycles. The van der Waals surface area contributed by atoms with Crippen LogP contribution in [0.15, 0.2) is 18.2 Å². The molecule has 130 valence electrons. The largest absolute Gasteiger partial charge is 0.342 e. The molecule has 0 bridgehead atoms. The molecule has 0 spiro atoms. The van der Waals surface area contributed by atoms with Gasteiger partial charge in [-0.3, -0.25) is 0 Å². The molecule has 1 aliphatic rings. The Morgan fingerprint density at radius 1 is 1.35 bits per heavy atom. The van der Waals surface area contributed by atoms with Gasteiger partial charge in [-0.15, -0.1) is 24.8 Å². The molecule has 7 heteroatoms. The van der Waals surface area contributed by atoms with Crippen LogP contribution in [0.1, 0.15) is 32.5 Å². The van der Waals surface area contributed by atoms with Crippen LogP contribution in [0.4, 0.5) is 4.39 Å². The molecule has 3 N–H and O–H groups in total. The second-order valence-corrected chi connectivity index (χ2v) is 6.39. The van der Waals surface area contributed by atoms with E-state index < -0.39 is 0 Å². The first-order chi connectivity index (χ1) is 10.0. The molecule has 0 saturated carbocycles. The monoisotopic (exact) mass is 362 g/mol. The molecular formula is C16H25Cl2FN4. The van der Waals surface area contributed by atoms with E-state index in [4.69, 9.17) is 0 Å². The number of benzene rings is 1. The van der Waals surface area contributed by atoms with E-state index in [2.05, 4.69) is 34.4 Å². The van der Waals surface area contributed by atoms with Crippen LogP contribution in [-0.4, -0.2) is 34.6 Å². The Morgan fingerprint density at radius 2 is 2.13 bits per heavy atom. The Kier molecular flexibility index (Phi) is 7.27. The summed E-state index contributed by atoms with van der Waals surface area (Å²) in [6.45, 7) is 6.54. The maximum absolute atomic E-state index is 13.1. The second kappa shape index (κ2) is 8.29. The molecule has 2 aromatic rings. The molecule has 1 fully saturated rings. The third-order valence-corrected chi connectivity index (χ3v) is 4.36. The van der Waals surface area contributed by atoms with Gasteiger partial charge in [0, 0.05) is 18.0 Å². The Bertz CT molecular complexity index is 630. The molecule has 0 radical (unpaired) electrons. The van der Waals surface area contributed by atoms with Gasteiger partial charge in [-0.2, -0.15) is 0 Å². The summed E-state index contributed by atoms with van der Waals surface area (Å²) in [6, 6.07) is 5.19. The number of aromatic nitrogens is 2. The lowest BCUT2D eigenvalue weighted by molar-refractivity contribution is 0.350. The molecule has 1 aromatic carbocycles. The van der Waals surface area contributed by atoms with Crippen molar-refractivity contribution in [3.05, 3.63) is 29.8 Å². The van der Waals surface area contributed by atoms with Crippen molar-refractivity contribution < 1.29 is 4.39 Å². The first-order valence-electron chi connectivity index (χ1n) is 7.67. The van der Waals surface area contributed by atoms with Crippen LogP contribution in [0.3, 0.4) is 0 Å². The van der Waals surface area contributed by atoms with Gasteiger partial charge >= 0.3 is 0 Å². The third kappa shape index (κ3) is 4.80. The number of halogens is 3. The van der Waals surface area contributed by atoms with Crippen LogP contribution < -0.4 is 10.6 Å². The maximum Gasteiger partial charge on any atom is 0.125 e. The minimum absolute atomic E-state index is 0. The van der Waals surface area contributed by atoms with Crippen molar-refractivity contribution in [1.29, 1.82) is 0 Å². The van der Waals surface area contributed by atoms with E-state index in [9.17, 15) is 4.39 Å². The number of nitrogens with one attached hydrogen (secondary N) is 3. The van der Waals surface area contributed by atoms with Gasteiger partial charge in [-0.1, -0.05) is 0 Å². The second-order valence-electron chi connectivity index (χ2n) is 6.39. The summed E-state index contributed by atoms with van der Waals surface area (Å²) < 4.78 is 13.1. The number of aryl methyl sites for hydroxylation is 1. The standard InChI is InChI=1S/C16H23FN4.2ClH/c1-16(2)14(7-9-19-16)18-8-3-4-15-20-12-6-5-11(17)10-13(12)21-15;;/h5-6,10,14,18-19H,3-4,7-9H2,1-2H3,(H,20,21);2*1H. The van der Waals surface area contributed by atoms with Gasteiger partial charge < -0.3 is 15.6 Å². The fourth-order valence-corrected chi connectivity index (χ4v) is 3.07. The molecule has 4 nitrogen and oxygen atoms in total. The molecular weight excluding hydrogens is 338 g/mol. The van der Waals surface area contributed by atoms with E-state index in [-0.39, 0.29) is 36.2 Å². The Balaban J connectivity index is 0.00000132. The van der Waals surface area contributed by atoms with Gasteiger partial charge in [0.2, 0.25) is 0 Å². The number of H-pyrrole nitrogens is 1. The zero-order valence-electron chi connectivity index (χ0n) is 13.5. The van der Waals surface area contributed by atoms with Crippen molar-refractivity contribution in [2.75, 3.05) is 13.1 Å². The molecule has 2 heterocycles. The van der Waals surface area contributed by atoms with Crippen molar-refractivity contribution in [2.24, 2.45) is 0 Å². The summed E-state index contributed by atoms with van der Waals surface area (Å²) in [5.41, 5.74) is 1.79. The number of imidazole rings is 1. The topological polar surface area (TPSA) is 52.7 Å². The molecule has 1 unspecified atom stereocenters. The van der Waals surface area contributed by atoms with Gasteiger partial charge in [0.1, 0.15) is 11.6 Å².